The number of aromatic nitrogens is 1. The van der Waals surface area contributed by atoms with Crippen molar-refractivity contribution < 1.29 is 0 Å². The van der Waals surface area contributed by atoms with Crippen LogP contribution in [0, 0.1) is 0 Å². The van der Waals surface area contributed by atoms with Gasteiger partial charge in [0.05, 0.1) is 11.9 Å². The van der Waals surface area contributed by atoms with Crippen LogP contribution in [-0.2, 0) is 0 Å². The van der Waals surface area contributed by atoms with E-state index in [-0.39, 0.29) is 0 Å². The molecule has 2 N–H and O–H groups in total. The minimum Gasteiger partial charge on any atom is -0.389 e. The standard InChI is InChI=1S/C14H20N4S/c15-14(19)12-4-5-16-9-13(12)18-8-7-17-6-2-1-3-11(17)10-18/h4-5,9,11H,1-3,6-8,10H2,(H2,15,19). The Hall–Kier alpha value is -1.20. The second-order valence-corrected chi connectivity index (χ2v) is 5.83. The maximum absolute atomic E-state index is 5.82. The fraction of sp³-hybridized carbons (Fsp3) is 0.571. The predicted octanol–water partition coefficient (Wildman–Crippen LogP) is 1.39. The first-order chi connectivity index (χ1) is 9.25. The maximum atomic E-state index is 5.82. The average molecular weight is 276 g/mol. The summed E-state index contributed by atoms with van der Waals surface area (Å²) in [6.07, 6.45) is 7.66. The van der Waals surface area contributed by atoms with Crippen LogP contribution in [0.5, 0.6) is 0 Å². The molecular formula is C14H20N4S. The normalized spacial score (nSPS) is 24.0. The van der Waals surface area contributed by atoms with Gasteiger partial charge >= 0.3 is 0 Å². The molecular weight excluding hydrogens is 256 g/mol. The first-order valence-electron chi connectivity index (χ1n) is 6.98. The zero-order chi connectivity index (χ0) is 13.2. The molecule has 1 aromatic rings. The third-order valence-corrected chi connectivity index (χ3v) is 4.46. The van der Waals surface area contributed by atoms with Gasteiger partial charge < -0.3 is 10.6 Å². The van der Waals surface area contributed by atoms with Crippen LogP contribution in [0.25, 0.3) is 0 Å². The van der Waals surface area contributed by atoms with Gasteiger partial charge in [0.1, 0.15) is 4.99 Å². The number of nitrogens with two attached hydrogens (primary N) is 1. The number of hydrogen-bond donors (Lipinski definition) is 1. The summed E-state index contributed by atoms with van der Waals surface area (Å²) in [6, 6.07) is 2.60. The summed E-state index contributed by atoms with van der Waals surface area (Å²) in [5.74, 6) is 0. The first-order valence-corrected chi connectivity index (χ1v) is 7.39. The zero-order valence-corrected chi connectivity index (χ0v) is 11.9. The minimum absolute atomic E-state index is 0.462. The van der Waals surface area contributed by atoms with E-state index in [0.717, 1.165) is 30.9 Å². The summed E-state index contributed by atoms with van der Waals surface area (Å²) in [5, 5.41) is 0. The lowest BCUT2D eigenvalue weighted by Crippen LogP contribution is -2.55. The fourth-order valence-corrected chi connectivity index (χ4v) is 3.39. The summed E-state index contributed by atoms with van der Waals surface area (Å²) >= 11 is 5.15. The summed E-state index contributed by atoms with van der Waals surface area (Å²) in [7, 11) is 0. The van der Waals surface area contributed by atoms with E-state index in [4.69, 9.17) is 18.0 Å². The third-order valence-electron chi connectivity index (χ3n) is 4.24. The van der Waals surface area contributed by atoms with E-state index in [1.165, 1.54) is 25.8 Å². The van der Waals surface area contributed by atoms with Crippen molar-refractivity contribution in [1.29, 1.82) is 0 Å². The number of thiocarbonyl (C=S) groups is 1. The molecule has 2 aliphatic heterocycles. The average Bonchev–Trinajstić information content (AvgIpc) is 2.46. The molecule has 0 aromatic carbocycles. The van der Waals surface area contributed by atoms with Crippen LogP contribution >= 0.6 is 12.2 Å². The van der Waals surface area contributed by atoms with Gasteiger partial charge in [-0.25, -0.2) is 0 Å². The van der Waals surface area contributed by atoms with Crippen LogP contribution in [-0.4, -0.2) is 47.1 Å². The first kappa shape index (κ1) is 12.8. The number of piperidine rings is 1. The molecule has 102 valence electrons. The van der Waals surface area contributed by atoms with Gasteiger partial charge in [-0.15, -0.1) is 0 Å². The van der Waals surface area contributed by atoms with E-state index in [9.17, 15) is 0 Å². The molecule has 0 amide bonds. The van der Waals surface area contributed by atoms with Crippen molar-refractivity contribution >= 4 is 22.9 Å². The van der Waals surface area contributed by atoms with Gasteiger partial charge in [0, 0.05) is 37.4 Å². The van der Waals surface area contributed by atoms with E-state index in [1.807, 2.05) is 12.3 Å². The van der Waals surface area contributed by atoms with Gasteiger partial charge in [0.25, 0.3) is 0 Å². The minimum atomic E-state index is 0.462. The molecule has 0 saturated carbocycles. The Bertz CT molecular complexity index is 476. The van der Waals surface area contributed by atoms with Gasteiger partial charge in [-0.1, -0.05) is 18.6 Å². The predicted molar refractivity (Wildman–Crippen MR) is 81.5 cm³/mol. The van der Waals surface area contributed by atoms with Crippen LogP contribution in [0.3, 0.4) is 0 Å². The van der Waals surface area contributed by atoms with Crippen molar-refractivity contribution in [3.63, 3.8) is 0 Å². The van der Waals surface area contributed by atoms with E-state index in [1.54, 1.807) is 6.20 Å². The molecule has 2 fully saturated rings. The summed E-state index contributed by atoms with van der Waals surface area (Å²) in [5.41, 5.74) is 7.87. The second kappa shape index (κ2) is 5.43. The van der Waals surface area contributed by atoms with E-state index in [0.29, 0.717) is 11.0 Å². The van der Waals surface area contributed by atoms with Gasteiger partial charge in [0.2, 0.25) is 0 Å². The highest BCUT2D eigenvalue weighted by atomic mass is 32.1. The molecule has 19 heavy (non-hydrogen) atoms. The topological polar surface area (TPSA) is 45.4 Å². The number of rotatable bonds is 2. The lowest BCUT2D eigenvalue weighted by molar-refractivity contribution is 0.133. The Kier molecular flexibility index (Phi) is 3.66. The number of nitrogens with zero attached hydrogens (tertiary/aromatic N) is 3. The number of piperazine rings is 1. The number of pyridine rings is 1. The largest absolute Gasteiger partial charge is 0.389 e. The van der Waals surface area contributed by atoms with E-state index < -0.39 is 0 Å². The summed E-state index contributed by atoms with van der Waals surface area (Å²) in [4.78, 5) is 9.72. The van der Waals surface area contributed by atoms with Gasteiger partial charge in [-0.05, 0) is 25.5 Å². The highest BCUT2D eigenvalue weighted by Crippen LogP contribution is 2.26. The fourth-order valence-electron chi connectivity index (χ4n) is 3.22. The Morgan fingerprint density at radius 2 is 2.21 bits per heavy atom. The monoisotopic (exact) mass is 276 g/mol. The summed E-state index contributed by atoms with van der Waals surface area (Å²) < 4.78 is 0. The highest BCUT2D eigenvalue weighted by Gasteiger charge is 2.29. The quantitative estimate of drug-likeness (QED) is 0.827. The maximum Gasteiger partial charge on any atom is 0.106 e. The smallest absolute Gasteiger partial charge is 0.106 e. The Morgan fingerprint density at radius 3 is 3.05 bits per heavy atom. The molecule has 0 radical (unpaired) electrons. The Labute approximate surface area is 119 Å². The third kappa shape index (κ3) is 2.58. The SMILES string of the molecule is NC(=S)c1ccncc1N1CCN2CCCCC2C1. The number of fused-ring (bicyclic) bond motifs is 1. The molecule has 1 atom stereocenters. The van der Waals surface area contributed by atoms with Crippen molar-refractivity contribution in [2.24, 2.45) is 5.73 Å². The molecule has 2 aliphatic rings. The van der Waals surface area contributed by atoms with Crippen molar-refractivity contribution in [2.75, 3.05) is 31.1 Å². The molecule has 0 aliphatic carbocycles. The van der Waals surface area contributed by atoms with Crippen molar-refractivity contribution in [3.05, 3.63) is 24.0 Å². The highest BCUT2D eigenvalue weighted by molar-refractivity contribution is 7.80. The van der Waals surface area contributed by atoms with Crippen LogP contribution in [0.4, 0.5) is 5.69 Å². The summed E-state index contributed by atoms with van der Waals surface area (Å²) in [6.45, 7) is 4.50. The Balaban J connectivity index is 1.81. The second-order valence-electron chi connectivity index (χ2n) is 5.39. The van der Waals surface area contributed by atoms with Crippen LogP contribution in [0.15, 0.2) is 18.5 Å². The molecule has 4 nitrogen and oxygen atoms in total. The number of anilines is 1. The zero-order valence-electron chi connectivity index (χ0n) is 11.1. The molecule has 1 aromatic heterocycles. The van der Waals surface area contributed by atoms with E-state index in [2.05, 4.69) is 14.8 Å². The van der Waals surface area contributed by atoms with Crippen LogP contribution < -0.4 is 10.6 Å². The van der Waals surface area contributed by atoms with Crippen LogP contribution in [0.1, 0.15) is 24.8 Å². The lowest BCUT2D eigenvalue weighted by atomic mass is 9.99. The number of hydrogen-bond acceptors (Lipinski definition) is 4. The van der Waals surface area contributed by atoms with Crippen molar-refractivity contribution in [2.45, 2.75) is 25.3 Å². The molecule has 3 rings (SSSR count). The van der Waals surface area contributed by atoms with Crippen molar-refractivity contribution in [3.8, 4) is 0 Å². The Morgan fingerprint density at radius 1 is 1.32 bits per heavy atom. The molecule has 0 spiro atoms. The van der Waals surface area contributed by atoms with Crippen molar-refractivity contribution in [1.82, 2.24) is 9.88 Å². The van der Waals surface area contributed by atoms with Gasteiger partial charge in [0.15, 0.2) is 0 Å². The van der Waals surface area contributed by atoms with Crippen LogP contribution in [0.2, 0.25) is 0 Å². The molecule has 3 heterocycles. The van der Waals surface area contributed by atoms with Gasteiger partial charge in [-0.2, -0.15) is 0 Å². The molecule has 2 saturated heterocycles. The molecule has 1 unspecified atom stereocenters. The van der Waals surface area contributed by atoms with Gasteiger partial charge in [-0.3, -0.25) is 9.88 Å². The molecule has 5 heteroatoms. The van der Waals surface area contributed by atoms with E-state index >= 15 is 0 Å². The lowest BCUT2D eigenvalue weighted by Gasteiger charge is -2.45. The molecule has 0 bridgehead atoms.